The second kappa shape index (κ2) is 13.6. The molecule has 0 saturated heterocycles. The van der Waals surface area contributed by atoms with Crippen molar-refractivity contribution in [3.63, 3.8) is 0 Å². The molecule has 0 aliphatic rings. The van der Waals surface area contributed by atoms with E-state index in [1.54, 1.807) is 0 Å². The van der Waals surface area contributed by atoms with Gasteiger partial charge in [0.1, 0.15) is 0 Å². The molecule has 0 aromatic carbocycles. The van der Waals surface area contributed by atoms with E-state index in [1.165, 1.54) is 19.4 Å². The van der Waals surface area contributed by atoms with Crippen LogP contribution >= 0.6 is 0 Å². The third-order valence-electron chi connectivity index (χ3n) is 3.96. The van der Waals surface area contributed by atoms with Gasteiger partial charge in [0.25, 0.3) is 0 Å². The van der Waals surface area contributed by atoms with Gasteiger partial charge in [-0.05, 0) is 37.8 Å². The summed E-state index contributed by atoms with van der Waals surface area (Å²) in [5, 5.41) is 0. The molecule has 0 spiro atoms. The lowest BCUT2D eigenvalue weighted by Gasteiger charge is -2.36. The highest BCUT2D eigenvalue weighted by Crippen LogP contribution is 2.33. The van der Waals surface area contributed by atoms with Gasteiger partial charge < -0.3 is 13.0 Å². The van der Waals surface area contributed by atoms with Crippen molar-refractivity contribution in [3.05, 3.63) is 0 Å². The van der Waals surface area contributed by atoms with Crippen LogP contribution < -0.4 is 0 Å². The molecule has 0 aromatic rings. The molecule has 0 rings (SSSR count). The summed E-state index contributed by atoms with van der Waals surface area (Å²) < 4.78 is 122. The van der Waals surface area contributed by atoms with Crippen molar-refractivity contribution in [2.24, 2.45) is 0 Å². The van der Waals surface area contributed by atoms with Crippen LogP contribution in [0.3, 0.4) is 0 Å². The number of halogens is 9. The molecule has 3 nitrogen and oxygen atoms in total. The van der Waals surface area contributed by atoms with Gasteiger partial charge in [-0.2, -0.15) is 39.5 Å². The number of hydrogen-bond acceptors (Lipinski definition) is 3. The van der Waals surface area contributed by atoms with E-state index in [2.05, 4.69) is 13.8 Å². The molecule has 0 heterocycles. The quantitative estimate of drug-likeness (QED) is 0.228. The minimum atomic E-state index is -4.60. The Kier molecular flexibility index (Phi) is 14.5. The van der Waals surface area contributed by atoms with Crippen molar-refractivity contribution in [2.45, 2.75) is 102 Å². The van der Waals surface area contributed by atoms with E-state index in [1.807, 2.05) is 0 Å². The third kappa shape index (κ3) is 22.9. The second-order valence-corrected chi connectivity index (χ2v) is 17.3. The maximum Gasteiger partial charge on any atom is 0.389 e. The standard InChI is InChI=1S/C12H23F9O3Si3.C4H10/c1-25(7-4-10(13,14)15)23-27(3,9-6-12(19,20)21)24-26(2,22)8-5-11(16,17)18;1-3-4-2/h22,25H,4-9H2,1-3H3;3-4H2,1-2H3. The fraction of sp³-hybridized carbons (Fsp3) is 1.00. The fourth-order valence-corrected chi connectivity index (χ4v) is 14.0. The first-order valence-corrected chi connectivity index (χ1v) is 17.5. The third-order valence-corrected chi connectivity index (χ3v) is 14.5. The molecule has 0 fully saturated rings. The molecule has 0 aromatic heterocycles. The molecule has 15 heteroatoms. The van der Waals surface area contributed by atoms with Gasteiger partial charge in [0.15, 0.2) is 9.04 Å². The van der Waals surface area contributed by atoms with Crippen LogP contribution in [-0.2, 0) is 8.23 Å². The Bertz CT molecular complexity index is 484. The Hall–Kier alpha value is -0.0994. The van der Waals surface area contributed by atoms with Crippen LogP contribution in [0, 0.1) is 0 Å². The lowest BCUT2D eigenvalue weighted by molar-refractivity contribution is -0.132. The van der Waals surface area contributed by atoms with E-state index in [0.29, 0.717) is 0 Å². The number of alkyl halides is 9. The van der Waals surface area contributed by atoms with Gasteiger partial charge in [0.05, 0.1) is 0 Å². The Labute approximate surface area is 181 Å². The smallest absolute Gasteiger partial charge is 0.389 e. The molecule has 31 heavy (non-hydrogen) atoms. The highest BCUT2D eigenvalue weighted by Gasteiger charge is 2.46. The summed E-state index contributed by atoms with van der Waals surface area (Å²) in [6.07, 6.45) is -14.9. The van der Waals surface area contributed by atoms with Crippen LogP contribution in [0.25, 0.3) is 0 Å². The summed E-state index contributed by atoms with van der Waals surface area (Å²) in [7, 11) is -10.5. The lowest BCUT2D eigenvalue weighted by atomic mass is 10.4. The van der Waals surface area contributed by atoms with Gasteiger partial charge >= 0.3 is 35.7 Å². The van der Waals surface area contributed by atoms with Crippen molar-refractivity contribution >= 4 is 26.2 Å². The van der Waals surface area contributed by atoms with E-state index >= 15 is 0 Å². The molecule has 0 saturated carbocycles. The maximum atomic E-state index is 12.5. The minimum absolute atomic E-state index is 0.409. The summed E-state index contributed by atoms with van der Waals surface area (Å²) in [5.74, 6) is 0. The first kappa shape index (κ1) is 33.1. The van der Waals surface area contributed by atoms with Crippen molar-refractivity contribution in [1.82, 2.24) is 0 Å². The summed E-state index contributed by atoms with van der Waals surface area (Å²) in [4.78, 5) is 10.1. The Balaban J connectivity index is 0. The Morgan fingerprint density at radius 2 is 1.13 bits per heavy atom. The Morgan fingerprint density at radius 1 is 0.742 bits per heavy atom. The largest absolute Gasteiger partial charge is 0.439 e. The van der Waals surface area contributed by atoms with E-state index < -0.39 is 82.1 Å². The molecular formula is C16H33F9O3Si3. The molecule has 0 aliphatic heterocycles. The predicted molar refractivity (Wildman–Crippen MR) is 108 cm³/mol. The summed E-state index contributed by atoms with van der Waals surface area (Å²) in [6, 6.07) is -1.92. The molecule has 0 radical (unpaired) electrons. The highest BCUT2D eigenvalue weighted by atomic mass is 28.5. The van der Waals surface area contributed by atoms with Gasteiger partial charge in [-0.25, -0.2) is 0 Å². The summed E-state index contributed by atoms with van der Waals surface area (Å²) >= 11 is 0. The second-order valence-electron chi connectivity index (χ2n) is 7.72. The number of hydrogen-bond donors (Lipinski definition) is 1. The van der Waals surface area contributed by atoms with Crippen LogP contribution in [-0.4, -0.2) is 49.5 Å². The van der Waals surface area contributed by atoms with E-state index in [9.17, 15) is 44.3 Å². The van der Waals surface area contributed by atoms with E-state index in [0.717, 1.165) is 13.1 Å². The number of rotatable bonds is 11. The van der Waals surface area contributed by atoms with E-state index in [-0.39, 0.29) is 0 Å². The van der Waals surface area contributed by atoms with Gasteiger partial charge in [-0.15, -0.1) is 0 Å². The van der Waals surface area contributed by atoms with Gasteiger partial charge in [-0.1, -0.05) is 26.7 Å². The first-order chi connectivity index (χ1) is 13.6. The van der Waals surface area contributed by atoms with E-state index in [4.69, 9.17) is 8.23 Å². The van der Waals surface area contributed by atoms with Crippen molar-refractivity contribution in [3.8, 4) is 0 Å². The predicted octanol–water partition coefficient (Wildman–Crippen LogP) is 7.17. The normalized spacial score (nSPS) is 17.9. The number of unbranched alkanes of at least 4 members (excludes halogenated alkanes) is 1. The molecule has 190 valence electrons. The van der Waals surface area contributed by atoms with Gasteiger partial charge in [0, 0.05) is 19.3 Å². The zero-order valence-electron chi connectivity index (χ0n) is 18.4. The van der Waals surface area contributed by atoms with Crippen molar-refractivity contribution < 1.29 is 52.5 Å². The fourth-order valence-electron chi connectivity index (χ4n) is 2.24. The van der Waals surface area contributed by atoms with Crippen LogP contribution in [0.5, 0.6) is 0 Å². The van der Waals surface area contributed by atoms with Gasteiger partial charge in [0.2, 0.25) is 0 Å². The SMILES string of the molecule is CCCC.C[SiH](CCC(F)(F)F)O[Si](C)(CCC(F)(F)F)O[Si](C)(O)CCC(F)(F)F. The molecule has 3 unspecified atom stereocenters. The van der Waals surface area contributed by atoms with Crippen LogP contribution in [0.4, 0.5) is 39.5 Å². The summed E-state index contributed by atoms with van der Waals surface area (Å²) in [5.41, 5.74) is 0. The maximum absolute atomic E-state index is 12.5. The highest BCUT2D eigenvalue weighted by molar-refractivity contribution is 6.82. The first-order valence-electron chi connectivity index (χ1n) is 9.94. The van der Waals surface area contributed by atoms with Crippen LogP contribution in [0.1, 0.15) is 46.0 Å². The van der Waals surface area contributed by atoms with Crippen molar-refractivity contribution in [2.75, 3.05) is 0 Å². The Morgan fingerprint density at radius 3 is 1.48 bits per heavy atom. The molecule has 0 bridgehead atoms. The van der Waals surface area contributed by atoms with Crippen LogP contribution in [0.2, 0.25) is 37.8 Å². The average molecular weight is 529 g/mol. The van der Waals surface area contributed by atoms with Gasteiger partial charge in [-0.3, -0.25) is 0 Å². The molecule has 1 N–H and O–H groups in total. The molecule has 0 amide bonds. The monoisotopic (exact) mass is 528 g/mol. The summed E-state index contributed by atoms with van der Waals surface area (Å²) in [6.45, 7) is 7.85. The average Bonchev–Trinajstić information content (AvgIpc) is 2.55. The van der Waals surface area contributed by atoms with Crippen molar-refractivity contribution in [1.29, 1.82) is 0 Å². The topological polar surface area (TPSA) is 38.7 Å². The lowest BCUT2D eigenvalue weighted by Crippen LogP contribution is -2.53. The molecular weight excluding hydrogens is 495 g/mol. The zero-order valence-corrected chi connectivity index (χ0v) is 21.6. The minimum Gasteiger partial charge on any atom is -0.439 e. The van der Waals surface area contributed by atoms with Crippen LogP contribution in [0.15, 0.2) is 0 Å². The zero-order chi connectivity index (χ0) is 25.1. The molecule has 0 aliphatic carbocycles. The molecule has 3 atom stereocenters.